The van der Waals surface area contributed by atoms with E-state index >= 15 is 0 Å². The maximum Gasteiger partial charge on any atom is 0.522 e. The molecule has 1 unspecified atom stereocenters. The molecule has 8 heteroatoms. The molecule has 100 valence electrons. The summed E-state index contributed by atoms with van der Waals surface area (Å²) in [4.78, 5) is 12.2. The third-order valence-electron chi connectivity index (χ3n) is 2.40. The number of hydrogen-bond acceptors (Lipinski definition) is 4. The topological polar surface area (TPSA) is 59.0 Å². The van der Waals surface area contributed by atoms with Crippen LogP contribution >= 0.6 is 0 Å². The van der Waals surface area contributed by atoms with E-state index in [1.165, 1.54) is 0 Å². The normalized spacial score (nSPS) is 22.6. The van der Waals surface area contributed by atoms with E-state index in [4.69, 9.17) is 9.84 Å². The van der Waals surface area contributed by atoms with E-state index in [-0.39, 0.29) is 19.6 Å². The molecule has 0 radical (unpaired) electrons. The van der Waals surface area contributed by atoms with Gasteiger partial charge in [0.25, 0.3) is 0 Å². The third-order valence-corrected chi connectivity index (χ3v) is 2.40. The van der Waals surface area contributed by atoms with Crippen LogP contribution in [0.3, 0.4) is 0 Å². The van der Waals surface area contributed by atoms with E-state index in [1.54, 1.807) is 4.90 Å². The maximum absolute atomic E-state index is 11.8. The molecule has 0 saturated carbocycles. The quantitative estimate of drug-likeness (QED) is 0.785. The minimum absolute atomic E-state index is 0.0425. The molecule has 1 heterocycles. The summed E-state index contributed by atoms with van der Waals surface area (Å²) in [6.07, 6.45) is -4.79. The zero-order valence-electron chi connectivity index (χ0n) is 9.07. The van der Waals surface area contributed by atoms with Gasteiger partial charge in [0.05, 0.1) is 26.2 Å². The van der Waals surface area contributed by atoms with Crippen molar-refractivity contribution in [3.8, 4) is 0 Å². The summed E-state index contributed by atoms with van der Waals surface area (Å²) in [5.41, 5.74) is 0. The number of ether oxygens (including phenoxy) is 2. The molecular formula is C9H14F3NO4. The first-order valence-electron chi connectivity index (χ1n) is 5.13. The molecular weight excluding hydrogens is 243 g/mol. The minimum atomic E-state index is -4.64. The highest BCUT2D eigenvalue weighted by molar-refractivity contribution is 5.67. The SMILES string of the molecule is O=C(O)CC1COCCN1CCOC(F)(F)F. The largest absolute Gasteiger partial charge is 0.522 e. The standard InChI is InChI=1S/C9H14F3NO4/c10-9(11,12)17-4-2-13-1-3-16-6-7(13)5-8(14)15/h7H,1-6H2,(H,14,15). The Balaban J connectivity index is 2.35. The van der Waals surface area contributed by atoms with Crippen molar-refractivity contribution in [2.45, 2.75) is 18.8 Å². The van der Waals surface area contributed by atoms with Crippen LogP contribution in [0, 0.1) is 0 Å². The fraction of sp³-hybridized carbons (Fsp3) is 0.889. The first-order valence-corrected chi connectivity index (χ1v) is 5.13. The molecule has 1 fully saturated rings. The molecule has 1 saturated heterocycles. The second-order valence-electron chi connectivity index (χ2n) is 3.66. The van der Waals surface area contributed by atoms with E-state index in [1.807, 2.05) is 0 Å². The van der Waals surface area contributed by atoms with Crippen molar-refractivity contribution < 1.29 is 32.5 Å². The van der Waals surface area contributed by atoms with Gasteiger partial charge in [0.2, 0.25) is 0 Å². The zero-order chi connectivity index (χ0) is 12.9. The Morgan fingerprint density at radius 1 is 1.53 bits per heavy atom. The first kappa shape index (κ1) is 14.2. The van der Waals surface area contributed by atoms with Crippen LogP contribution in [-0.2, 0) is 14.3 Å². The molecule has 0 bridgehead atoms. The number of carboxylic acids is 1. The van der Waals surface area contributed by atoms with Crippen LogP contribution in [0.25, 0.3) is 0 Å². The van der Waals surface area contributed by atoms with Crippen molar-refractivity contribution in [3.05, 3.63) is 0 Å². The van der Waals surface area contributed by atoms with E-state index in [9.17, 15) is 18.0 Å². The van der Waals surface area contributed by atoms with E-state index in [0.29, 0.717) is 13.2 Å². The second kappa shape index (κ2) is 6.18. The molecule has 1 rings (SSSR count). The highest BCUT2D eigenvalue weighted by Gasteiger charge is 2.30. The number of carboxylic acid groups (broad SMARTS) is 1. The van der Waals surface area contributed by atoms with Crippen molar-refractivity contribution in [1.82, 2.24) is 4.90 Å². The zero-order valence-corrected chi connectivity index (χ0v) is 9.07. The van der Waals surface area contributed by atoms with E-state index < -0.39 is 25.0 Å². The fourth-order valence-corrected chi connectivity index (χ4v) is 1.65. The Bertz CT molecular complexity index is 259. The van der Waals surface area contributed by atoms with Crippen LogP contribution in [0.1, 0.15) is 6.42 Å². The Labute approximate surface area is 96.1 Å². The van der Waals surface area contributed by atoms with Gasteiger partial charge >= 0.3 is 12.3 Å². The molecule has 0 aromatic carbocycles. The maximum atomic E-state index is 11.8. The van der Waals surface area contributed by atoms with Gasteiger partial charge in [0.15, 0.2) is 0 Å². The molecule has 1 aliphatic heterocycles. The Hall–Kier alpha value is -0.860. The van der Waals surface area contributed by atoms with Gasteiger partial charge < -0.3 is 9.84 Å². The van der Waals surface area contributed by atoms with Crippen molar-refractivity contribution >= 4 is 5.97 Å². The van der Waals surface area contributed by atoms with Gasteiger partial charge in [-0.05, 0) is 0 Å². The van der Waals surface area contributed by atoms with Gasteiger partial charge in [-0.2, -0.15) is 0 Å². The van der Waals surface area contributed by atoms with E-state index in [2.05, 4.69) is 4.74 Å². The lowest BCUT2D eigenvalue weighted by molar-refractivity contribution is -0.325. The lowest BCUT2D eigenvalue weighted by Crippen LogP contribution is -2.48. The molecule has 1 aliphatic rings. The van der Waals surface area contributed by atoms with Crippen LogP contribution in [0.4, 0.5) is 13.2 Å². The summed E-state index contributed by atoms with van der Waals surface area (Å²) >= 11 is 0. The number of morpholine rings is 1. The average molecular weight is 257 g/mol. The molecule has 1 atom stereocenters. The Kier molecular flexibility index (Phi) is 5.16. The minimum Gasteiger partial charge on any atom is -0.481 e. The summed E-state index contributed by atoms with van der Waals surface area (Å²) in [5, 5.41) is 8.64. The number of nitrogens with zero attached hydrogens (tertiary/aromatic N) is 1. The van der Waals surface area contributed by atoms with Crippen molar-refractivity contribution in [2.24, 2.45) is 0 Å². The van der Waals surface area contributed by atoms with Crippen LogP contribution in [-0.4, -0.2) is 61.3 Å². The molecule has 0 aliphatic carbocycles. The lowest BCUT2D eigenvalue weighted by atomic mass is 10.1. The summed E-state index contributed by atoms with van der Waals surface area (Å²) in [6, 6.07) is -0.391. The monoisotopic (exact) mass is 257 g/mol. The van der Waals surface area contributed by atoms with Crippen molar-refractivity contribution in [3.63, 3.8) is 0 Å². The lowest BCUT2D eigenvalue weighted by Gasteiger charge is -2.34. The molecule has 1 N–H and O–H groups in total. The molecule has 0 amide bonds. The summed E-state index contributed by atoms with van der Waals surface area (Å²) in [6.45, 7) is 0.569. The van der Waals surface area contributed by atoms with Crippen LogP contribution in [0.15, 0.2) is 0 Å². The van der Waals surface area contributed by atoms with Gasteiger partial charge in [-0.1, -0.05) is 0 Å². The van der Waals surface area contributed by atoms with Crippen molar-refractivity contribution in [2.75, 3.05) is 32.9 Å². The van der Waals surface area contributed by atoms with E-state index in [0.717, 1.165) is 0 Å². The first-order chi connectivity index (χ1) is 7.88. The molecule has 5 nitrogen and oxygen atoms in total. The third kappa shape index (κ3) is 5.85. The van der Waals surface area contributed by atoms with Gasteiger partial charge in [-0.25, -0.2) is 0 Å². The summed E-state index contributed by atoms with van der Waals surface area (Å²) in [5.74, 6) is -0.998. The number of aliphatic carboxylic acids is 1. The van der Waals surface area contributed by atoms with Crippen LogP contribution < -0.4 is 0 Å². The smallest absolute Gasteiger partial charge is 0.481 e. The predicted molar refractivity (Wildman–Crippen MR) is 50.4 cm³/mol. The van der Waals surface area contributed by atoms with Gasteiger partial charge in [-0.3, -0.25) is 14.4 Å². The molecule has 0 aromatic rings. The highest BCUT2D eigenvalue weighted by atomic mass is 19.4. The summed E-state index contributed by atoms with van der Waals surface area (Å²) < 4.78 is 44.0. The summed E-state index contributed by atoms with van der Waals surface area (Å²) in [7, 11) is 0. The Morgan fingerprint density at radius 2 is 2.24 bits per heavy atom. The average Bonchev–Trinajstić information content (AvgIpc) is 2.18. The van der Waals surface area contributed by atoms with Crippen molar-refractivity contribution in [1.29, 1.82) is 0 Å². The number of hydrogen-bond donors (Lipinski definition) is 1. The van der Waals surface area contributed by atoms with Crippen LogP contribution in [0.5, 0.6) is 0 Å². The Morgan fingerprint density at radius 3 is 2.82 bits per heavy atom. The number of rotatable bonds is 5. The predicted octanol–water partition coefficient (Wildman–Crippen LogP) is 0.698. The number of alkyl halides is 3. The molecule has 17 heavy (non-hydrogen) atoms. The van der Waals surface area contributed by atoms with Gasteiger partial charge in [0.1, 0.15) is 0 Å². The number of halogens is 3. The van der Waals surface area contributed by atoms with Crippen LogP contribution in [0.2, 0.25) is 0 Å². The second-order valence-corrected chi connectivity index (χ2v) is 3.66. The molecule has 0 aromatic heterocycles. The highest BCUT2D eigenvalue weighted by Crippen LogP contribution is 2.17. The number of carbonyl (C=O) groups is 1. The fourth-order valence-electron chi connectivity index (χ4n) is 1.65. The van der Waals surface area contributed by atoms with Gasteiger partial charge in [0, 0.05) is 19.1 Å². The van der Waals surface area contributed by atoms with Gasteiger partial charge in [-0.15, -0.1) is 13.2 Å². The molecule has 0 spiro atoms.